The minimum atomic E-state index is -0.0152. The van der Waals surface area contributed by atoms with Crippen molar-refractivity contribution >= 4 is 5.91 Å². The summed E-state index contributed by atoms with van der Waals surface area (Å²) in [5.74, 6) is -0.0152. The summed E-state index contributed by atoms with van der Waals surface area (Å²) in [7, 11) is 1.80. The Morgan fingerprint density at radius 2 is 2.50 bits per heavy atom. The number of nitrogens with zero attached hydrogens (tertiary/aromatic N) is 3. The molecule has 0 aromatic carbocycles. The maximum absolute atomic E-state index is 11.8. The van der Waals surface area contributed by atoms with Crippen molar-refractivity contribution in [3.05, 3.63) is 18.0 Å². The van der Waals surface area contributed by atoms with E-state index in [2.05, 4.69) is 5.10 Å². The summed E-state index contributed by atoms with van der Waals surface area (Å²) in [4.78, 5) is 13.6. The summed E-state index contributed by atoms with van der Waals surface area (Å²) in [6, 6.07) is 1.86. The number of hydrogen-bond donors (Lipinski definition) is 1. The highest BCUT2D eigenvalue weighted by Gasteiger charge is 2.25. The second-order valence-electron chi connectivity index (χ2n) is 3.67. The number of aryl methyl sites for hydroxylation is 1. The molecule has 1 fully saturated rings. The van der Waals surface area contributed by atoms with E-state index in [1.807, 2.05) is 0 Å². The largest absolute Gasteiger partial charge is 0.336 e. The highest BCUT2D eigenvalue weighted by atomic mass is 16.2. The van der Waals surface area contributed by atoms with Gasteiger partial charge in [0.05, 0.1) is 0 Å². The van der Waals surface area contributed by atoms with Crippen LogP contribution in [0.5, 0.6) is 0 Å². The van der Waals surface area contributed by atoms with Crippen LogP contribution in [0.15, 0.2) is 12.3 Å². The third kappa shape index (κ3) is 1.63. The molecule has 2 N–H and O–H groups in total. The van der Waals surface area contributed by atoms with Gasteiger partial charge < -0.3 is 10.6 Å². The zero-order valence-electron chi connectivity index (χ0n) is 8.18. The Labute approximate surface area is 82.5 Å². The zero-order valence-corrected chi connectivity index (χ0v) is 8.18. The average Bonchev–Trinajstić information content (AvgIpc) is 2.73. The third-order valence-corrected chi connectivity index (χ3v) is 2.44. The number of hydrogen-bond acceptors (Lipinski definition) is 3. The fourth-order valence-corrected chi connectivity index (χ4v) is 1.66. The number of nitrogens with two attached hydrogens (primary N) is 1. The molecule has 1 atom stereocenters. The van der Waals surface area contributed by atoms with Gasteiger partial charge in [0.2, 0.25) is 0 Å². The summed E-state index contributed by atoms with van der Waals surface area (Å²) >= 11 is 0. The van der Waals surface area contributed by atoms with Gasteiger partial charge in [-0.1, -0.05) is 0 Å². The predicted molar refractivity (Wildman–Crippen MR) is 51.7 cm³/mol. The van der Waals surface area contributed by atoms with Crippen LogP contribution >= 0.6 is 0 Å². The molecule has 2 heterocycles. The predicted octanol–water partition coefficient (Wildman–Crippen LogP) is -0.407. The smallest absolute Gasteiger partial charge is 0.274 e. The van der Waals surface area contributed by atoms with E-state index in [4.69, 9.17) is 5.73 Å². The highest BCUT2D eigenvalue weighted by molar-refractivity contribution is 5.92. The van der Waals surface area contributed by atoms with Crippen LogP contribution in [0.1, 0.15) is 16.9 Å². The van der Waals surface area contributed by atoms with E-state index in [1.165, 1.54) is 0 Å². The lowest BCUT2D eigenvalue weighted by molar-refractivity contribution is 0.0784. The van der Waals surface area contributed by atoms with Crippen LogP contribution in [0.3, 0.4) is 0 Å². The minimum absolute atomic E-state index is 0.0152. The van der Waals surface area contributed by atoms with Crippen molar-refractivity contribution in [1.29, 1.82) is 0 Å². The molecule has 5 heteroatoms. The van der Waals surface area contributed by atoms with E-state index in [9.17, 15) is 4.79 Å². The van der Waals surface area contributed by atoms with Crippen molar-refractivity contribution in [2.45, 2.75) is 12.5 Å². The standard InChI is InChI=1S/C9H14N4O/c1-12-4-3-8(11-12)9(14)13-5-2-7(10)6-13/h3-4,7H,2,5-6,10H2,1H3/t7-/m0/s1. The monoisotopic (exact) mass is 194 g/mol. The summed E-state index contributed by atoms with van der Waals surface area (Å²) < 4.78 is 1.63. The average molecular weight is 194 g/mol. The van der Waals surface area contributed by atoms with Gasteiger partial charge in [0.25, 0.3) is 5.91 Å². The Morgan fingerprint density at radius 1 is 1.71 bits per heavy atom. The van der Waals surface area contributed by atoms with E-state index < -0.39 is 0 Å². The number of carbonyl (C=O) groups excluding carboxylic acids is 1. The molecule has 0 bridgehead atoms. The summed E-state index contributed by atoms with van der Waals surface area (Å²) in [6.45, 7) is 1.39. The van der Waals surface area contributed by atoms with Crippen LogP contribution in [0, 0.1) is 0 Å². The summed E-state index contributed by atoms with van der Waals surface area (Å²) in [5.41, 5.74) is 6.23. The number of aromatic nitrogens is 2. The summed E-state index contributed by atoms with van der Waals surface area (Å²) in [6.07, 6.45) is 2.65. The van der Waals surface area contributed by atoms with E-state index in [0.717, 1.165) is 13.0 Å². The Hall–Kier alpha value is -1.36. The molecule has 5 nitrogen and oxygen atoms in total. The number of likely N-dealkylation sites (tertiary alicyclic amines) is 1. The van der Waals surface area contributed by atoms with Crippen LogP contribution < -0.4 is 5.73 Å². The van der Waals surface area contributed by atoms with Gasteiger partial charge in [-0.05, 0) is 12.5 Å². The highest BCUT2D eigenvalue weighted by Crippen LogP contribution is 2.10. The van der Waals surface area contributed by atoms with E-state index in [-0.39, 0.29) is 11.9 Å². The first kappa shape index (κ1) is 9.21. The van der Waals surface area contributed by atoms with Gasteiger partial charge in [-0.3, -0.25) is 9.48 Å². The first-order valence-corrected chi connectivity index (χ1v) is 4.71. The Bertz CT molecular complexity index is 346. The number of amides is 1. The molecule has 1 aliphatic heterocycles. The van der Waals surface area contributed by atoms with Crippen molar-refractivity contribution in [2.75, 3.05) is 13.1 Å². The van der Waals surface area contributed by atoms with Crippen LogP contribution in [0.4, 0.5) is 0 Å². The second-order valence-corrected chi connectivity index (χ2v) is 3.67. The summed E-state index contributed by atoms with van der Waals surface area (Å²) in [5, 5.41) is 4.06. The topological polar surface area (TPSA) is 64.2 Å². The quantitative estimate of drug-likeness (QED) is 0.661. The number of rotatable bonds is 1. The van der Waals surface area contributed by atoms with Gasteiger partial charge in [0, 0.05) is 32.4 Å². The molecule has 0 saturated carbocycles. The molecule has 2 rings (SSSR count). The molecule has 0 radical (unpaired) electrons. The van der Waals surface area contributed by atoms with Gasteiger partial charge in [-0.25, -0.2) is 0 Å². The molecule has 0 aliphatic carbocycles. The lowest BCUT2D eigenvalue weighted by Gasteiger charge is -2.13. The zero-order chi connectivity index (χ0) is 10.1. The molecular weight excluding hydrogens is 180 g/mol. The second kappa shape index (κ2) is 3.42. The normalized spacial score (nSPS) is 21.6. The van der Waals surface area contributed by atoms with Gasteiger partial charge in [-0.15, -0.1) is 0 Å². The van der Waals surface area contributed by atoms with E-state index in [1.54, 1.807) is 28.9 Å². The lowest BCUT2D eigenvalue weighted by atomic mass is 10.3. The SMILES string of the molecule is Cn1ccc(C(=O)N2CC[C@H](N)C2)n1. The van der Waals surface area contributed by atoms with Crippen molar-refractivity contribution < 1.29 is 4.79 Å². The molecule has 76 valence electrons. The number of carbonyl (C=O) groups is 1. The van der Waals surface area contributed by atoms with Crippen molar-refractivity contribution in [3.8, 4) is 0 Å². The van der Waals surface area contributed by atoms with Crippen molar-refractivity contribution in [1.82, 2.24) is 14.7 Å². The maximum Gasteiger partial charge on any atom is 0.274 e. The minimum Gasteiger partial charge on any atom is -0.336 e. The molecule has 1 amide bonds. The fourth-order valence-electron chi connectivity index (χ4n) is 1.66. The molecule has 1 aromatic rings. The van der Waals surface area contributed by atoms with E-state index in [0.29, 0.717) is 12.2 Å². The van der Waals surface area contributed by atoms with Crippen LogP contribution in [-0.4, -0.2) is 39.7 Å². The molecular formula is C9H14N4O. The Morgan fingerprint density at radius 3 is 3.00 bits per heavy atom. The molecule has 1 saturated heterocycles. The van der Waals surface area contributed by atoms with Crippen LogP contribution in [-0.2, 0) is 7.05 Å². The molecule has 0 unspecified atom stereocenters. The lowest BCUT2D eigenvalue weighted by Crippen LogP contribution is -2.32. The van der Waals surface area contributed by atoms with Gasteiger partial charge in [-0.2, -0.15) is 5.10 Å². The Balaban J connectivity index is 2.09. The maximum atomic E-state index is 11.8. The first-order valence-electron chi connectivity index (χ1n) is 4.71. The van der Waals surface area contributed by atoms with Gasteiger partial charge in [0.1, 0.15) is 5.69 Å². The molecule has 1 aliphatic rings. The van der Waals surface area contributed by atoms with Crippen molar-refractivity contribution in [2.24, 2.45) is 12.8 Å². The van der Waals surface area contributed by atoms with Gasteiger partial charge >= 0.3 is 0 Å². The molecule has 14 heavy (non-hydrogen) atoms. The molecule has 1 aromatic heterocycles. The van der Waals surface area contributed by atoms with Crippen LogP contribution in [0.25, 0.3) is 0 Å². The first-order chi connectivity index (χ1) is 6.66. The fraction of sp³-hybridized carbons (Fsp3) is 0.556. The van der Waals surface area contributed by atoms with E-state index >= 15 is 0 Å². The van der Waals surface area contributed by atoms with Gasteiger partial charge in [0.15, 0.2) is 0 Å². The Kier molecular flexibility index (Phi) is 2.25. The van der Waals surface area contributed by atoms with Crippen LogP contribution in [0.2, 0.25) is 0 Å². The molecule has 0 spiro atoms. The van der Waals surface area contributed by atoms with Crippen molar-refractivity contribution in [3.63, 3.8) is 0 Å². The third-order valence-electron chi connectivity index (χ3n) is 2.44.